The van der Waals surface area contributed by atoms with Crippen LogP contribution in [0.3, 0.4) is 0 Å². The van der Waals surface area contributed by atoms with Gasteiger partial charge >= 0.3 is 0 Å². The lowest BCUT2D eigenvalue weighted by Crippen LogP contribution is -2.24. The number of nitrogens with one attached hydrogen (secondary N) is 2. The highest BCUT2D eigenvalue weighted by atomic mass is 16.1. The molecule has 5 nitrogen and oxygen atoms in total. The standard InChI is InChI=1S/C17H20N4O/c1-3-16-15(8-11(2)20-21-16)17(22)19-14-5-4-12-6-7-18-10-13(12)9-14/h4-5,8-9,18H,3,6-7,10H2,1-2H3,(H,19,22). The van der Waals surface area contributed by atoms with E-state index in [0.29, 0.717) is 12.0 Å². The highest BCUT2D eigenvalue weighted by Gasteiger charge is 2.14. The lowest BCUT2D eigenvalue weighted by atomic mass is 10.0. The molecule has 114 valence electrons. The van der Waals surface area contributed by atoms with Gasteiger partial charge in [0, 0.05) is 12.2 Å². The molecule has 0 saturated heterocycles. The van der Waals surface area contributed by atoms with Gasteiger partial charge in [0.15, 0.2) is 0 Å². The van der Waals surface area contributed by atoms with E-state index in [1.807, 2.05) is 26.0 Å². The fraction of sp³-hybridized carbons (Fsp3) is 0.353. The fourth-order valence-corrected chi connectivity index (χ4v) is 2.73. The van der Waals surface area contributed by atoms with E-state index in [4.69, 9.17) is 0 Å². The lowest BCUT2D eigenvalue weighted by molar-refractivity contribution is 0.102. The van der Waals surface area contributed by atoms with Crippen LogP contribution in [-0.2, 0) is 19.4 Å². The van der Waals surface area contributed by atoms with E-state index in [2.05, 4.69) is 26.9 Å². The Bertz CT molecular complexity index is 712. The minimum absolute atomic E-state index is 0.126. The van der Waals surface area contributed by atoms with Crippen molar-refractivity contribution in [2.75, 3.05) is 11.9 Å². The van der Waals surface area contributed by atoms with E-state index in [9.17, 15) is 4.79 Å². The summed E-state index contributed by atoms with van der Waals surface area (Å²) in [5, 5.41) is 14.5. The third-order valence-electron chi connectivity index (χ3n) is 3.92. The van der Waals surface area contributed by atoms with Gasteiger partial charge in [-0.15, -0.1) is 0 Å². The van der Waals surface area contributed by atoms with Crippen LogP contribution in [0, 0.1) is 6.92 Å². The molecule has 0 saturated carbocycles. The van der Waals surface area contributed by atoms with E-state index in [1.165, 1.54) is 11.1 Å². The topological polar surface area (TPSA) is 66.9 Å². The van der Waals surface area contributed by atoms with Crippen molar-refractivity contribution >= 4 is 11.6 Å². The molecule has 0 unspecified atom stereocenters. The third kappa shape index (κ3) is 2.99. The minimum Gasteiger partial charge on any atom is -0.322 e. The largest absolute Gasteiger partial charge is 0.322 e. The second-order valence-electron chi connectivity index (χ2n) is 5.56. The first-order chi connectivity index (χ1) is 10.7. The minimum atomic E-state index is -0.126. The van der Waals surface area contributed by atoms with Crippen molar-refractivity contribution in [3.8, 4) is 0 Å². The van der Waals surface area contributed by atoms with Gasteiger partial charge < -0.3 is 10.6 Å². The Balaban J connectivity index is 1.84. The van der Waals surface area contributed by atoms with E-state index in [-0.39, 0.29) is 5.91 Å². The number of rotatable bonds is 3. The van der Waals surface area contributed by atoms with Crippen LogP contribution in [0.4, 0.5) is 5.69 Å². The summed E-state index contributed by atoms with van der Waals surface area (Å²) in [4.78, 5) is 12.5. The van der Waals surface area contributed by atoms with Crippen molar-refractivity contribution in [2.45, 2.75) is 33.2 Å². The number of aryl methyl sites for hydroxylation is 2. The second kappa shape index (κ2) is 6.23. The molecular weight excluding hydrogens is 276 g/mol. The Morgan fingerprint density at radius 3 is 2.95 bits per heavy atom. The predicted octanol–water partition coefficient (Wildman–Crippen LogP) is 2.25. The summed E-state index contributed by atoms with van der Waals surface area (Å²) in [6.45, 7) is 5.68. The molecule has 1 aromatic carbocycles. The van der Waals surface area contributed by atoms with Crippen molar-refractivity contribution in [2.24, 2.45) is 0 Å². The average Bonchev–Trinajstić information content (AvgIpc) is 2.54. The van der Waals surface area contributed by atoms with Crippen molar-refractivity contribution < 1.29 is 4.79 Å². The smallest absolute Gasteiger partial charge is 0.257 e. The predicted molar refractivity (Wildman–Crippen MR) is 86.0 cm³/mol. The molecule has 1 amide bonds. The van der Waals surface area contributed by atoms with E-state index < -0.39 is 0 Å². The summed E-state index contributed by atoms with van der Waals surface area (Å²) in [7, 11) is 0. The zero-order chi connectivity index (χ0) is 15.5. The molecule has 1 aliphatic heterocycles. The molecule has 0 spiro atoms. The van der Waals surface area contributed by atoms with Gasteiger partial charge in [0.05, 0.1) is 17.0 Å². The number of carbonyl (C=O) groups is 1. The quantitative estimate of drug-likeness (QED) is 0.911. The number of carbonyl (C=O) groups excluding carboxylic acids is 1. The number of benzene rings is 1. The number of hydrogen-bond donors (Lipinski definition) is 2. The van der Waals surface area contributed by atoms with Crippen LogP contribution in [0.5, 0.6) is 0 Å². The molecule has 1 aromatic heterocycles. The van der Waals surface area contributed by atoms with Crippen molar-refractivity contribution in [1.29, 1.82) is 0 Å². The van der Waals surface area contributed by atoms with Crippen LogP contribution >= 0.6 is 0 Å². The summed E-state index contributed by atoms with van der Waals surface area (Å²) >= 11 is 0. The zero-order valence-corrected chi connectivity index (χ0v) is 12.9. The molecule has 22 heavy (non-hydrogen) atoms. The van der Waals surface area contributed by atoms with Crippen LogP contribution in [0.1, 0.15) is 39.8 Å². The molecule has 5 heteroatoms. The number of aromatic nitrogens is 2. The van der Waals surface area contributed by atoms with Crippen LogP contribution in [0.15, 0.2) is 24.3 Å². The molecular formula is C17H20N4O. The number of anilines is 1. The monoisotopic (exact) mass is 296 g/mol. The first-order valence-corrected chi connectivity index (χ1v) is 7.64. The van der Waals surface area contributed by atoms with Crippen molar-refractivity contribution in [3.63, 3.8) is 0 Å². The maximum absolute atomic E-state index is 12.5. The van der Waals surface area contributed by atoms with Gasteiger partial charge in [-0.05, 0) is 55.6 Å². The lowest BCUT2D eigenvalue weighted by Gasteiger charge is -2.18. The number of amides is 1. The van der Waals surface area contributed by atoms with E-state index >= 15 is 0 Å². The molecule has 0 aliphatic carbocycles. The summed E-state index contributed by atoms with van der Waals surface area (Å²) in [5.41, 5.74) is 5.51. The summed E-state index contributed by atoms with van der Waals surface area (Å²) in [5.74, 6) is -0.126. The van der Waals surface area contributed by atoms with Gasteiger partial charge in [0.1, 0.15) is 0 Å². The SMILES string of the molecule is CCc1nnc(C)cc1C(=O)Nc1ccc2c(c1)CNCC2. The molecule has 1 aliphatic rings. The fourth-order valence-electron chi connectivity index (χ4n) is 2.73. The summed E-state index contributed by atoms with van der Waals surface area (Å²) in [6.07, 6.45) is 1.72. The Labute approximate surface area is 130 Å². The molecule has 3 rings (SSSR count). The zero-order valence-electron chi connectivity index (χ0n) is 12.9. The van der Waals surface area contributed by atoms with E-state index in [1.54, 1.807) is 6.07 Å². The van der Waals surface area contributed by atoms with Crippen LogP contribution in [0.25, 0.3) is 0 Å². The van der Waals surface area contributed by atoms with Gasteiger partial charge in [0.25, 0.3) is 5.91 Å². The highest BCUT2D eigenvalue weighted by Crippen LogP contribution is 2.20. The Hall–Kier alpha value is -2.27. The Morgan fingerprint density at radius 2 is 2.14 bits per heavy atom. The first-order valence-electron chi connectivity index (χ1n) is 7.64. The molecule has 0 bridgehead atoms. The Kier molecular flexibility index (Phi) is 4.15. The summed E-state index contributed by atoms with van der Waals surface area (Å²) < 4.78 is 0. The molecule has 2 N–H and O–H groups in total. The number of nitrogens with zero attached hydrogens (tertiary/aromatic N) is 2. The third-order valence-corrected chi connectivity index (χ3v) is 3.92. The van der Waals surface area contributed by atoms with Crippen LogP contribution in [0.2, 0.25) is 0 Å². The highest BCUT2D eigenvalue weighted by molar-refractivity contribution is 6.05. The van der Waals surface area contributed by atoms with Crippen molar-refractivity contribution in [1.82, 2.24) is 15.5 Å². The Morgan fingerprint density at radius 1 is 1.27 bits per heavy atom. The van der Waals surface area contributed by atoms with Gasteiger partial charge in [-0.25, -0.2) is 0 Å². The molecule has 2 aromatic rings. The molecule has 0 atom stereocenters. The normalized spacial score (nSPS) is 13.5. The average molecular weight is 296 g/mol. The second-order valence-corrected chi connectivity index (χ2v) is 5.56. The first kappa shape index (κ1) is 14.7. The molecule has 0 radical (unpaired) electrons. The number of fused-ring (bicyclic) bond motifs is 1. The van der Waals surface area contributed by atoms with Crippen LogP contribution < -0.4 is 10.6 Å². The summed E-state index contributed by atoms with van der Waals surface area (Å²) in [6, 6.07) is 7.91. The number of hydrogen-bond acceptors (Lipinski definition) is 4. The van der Waals surface area contributed by atoms with Crippen molar-refractivity contribution in [3.05, 3.63) is 52.3 Å². The van der Waals surface area contributed by atoms with Gasteiger partial charge in [-0.2, -0.15) is 10.2 Å². The molecule has 2 heterocycles. The maximum Gasteiger partial charge on any atom is 0.257 e. The maximum atomic E-state index is 12.5. The van der Waals surface area contributed by atoms with Gasteiger partial charge in [0.2, 0.25) is 0 Å². The van der Waals surface area contributed by atoms with E-state index in [0.717, 1.165) is 36.6 Å². The van der Waals surface area contributed by atoms with Gasteiger partial charge in [-0.1, -0.05) is 13.0 Å². The van der Waals surface area contributed by atoms with Crippen LogP contribution in [-0.4, -0.2) is 22.6 Å². The van der Waals surface area contributed by atoms with Gasteiger partial charge in [-0.3, -0.25) is 4.79 Å². The molecule has 0 fully saturated rings.